The molecule has 0 atom stereocenters. The fourth-order valence-corrected chi connectivity index (χ4v) is 13.4. The molecule has 0 fully saturated rings. The Labute approximate surface area is 402 Å². The van der Waals surface area contributed by atoms with E-state index in [2.05, 4.69) is 255 Å². The van der Waals surface area contributed by atoms with Crippen LogP contribution in [0.15, 0.2) is 237 Å². The Morgan fingerprint density at radius 1 is 0.275 bits per heavy atom. The van der Waals surface area contributed by atoms with Crippen LogP contribution in [-0.4, -0.2) is 0 Å². The first kappa shape index (κ1) is 38.6. The standard InChI is InChI=1S/C68H45N/c1-67(2)58-31-13-12-29-54(58)66-53(30-18-35-62(66)67)57-40-56-52-28-11-16-34-61(52)68(59-32-14-9-26-50(59)51-27-10-15-33-60(51)68)63(56)41-65(57)69(64-36-17-20-42-19-3-4-21-44(42)64)43-37-38-49-47-24-6-5-22-45(47)46-23-7-8-25-48(46)55(49)39-43/h3-41H,1-2H3. The van der Waals surface area contributed by atoms with Crippen LogP contribution in [0.5, 0.6) is 0 Å². The predicted molar refractivity (Wildman–Crippen MR) is 290 cm³/mol. The van der Waals surface area contributed by atoms with Crippen molar-refractivity contribution >= 4 is 60.2 Å². The minimum absolute atomic E-state index is 0.162. The van der Waals surface area contributed by atoms with Gasteiger partial charge in [0.1, 0.15) is 0 Å². The van der Waals surface area contributed by atoms with Gasteiger partial charge in [-0.2, -0.15) is 0 Å². The van der Waals surface area contributed by atoms with Crippen LogP contribution < -0.4 is 4.90 Å². The van der Waals surface area contributed by atoms with Gasteiger partial charge in [-0.25, -0.2) is 0 Å². The van der Waals surface area contributed by atoms with Gasteiger partial charge in [-0.1, -0.05) is 220 Å². The van der Waals surface area contributed by atoms with E-state index in [-0.39, 0.29) is 5.41 Å². The summed E-state index contributed by atoms with van der Waals surface area (Å²) in [5.41, 5.74) is 21.1. The van der Waals surface area contributed by atoms with Crippen molar-refractivity contribution in [3.63, 3.8) is 0 Å². The predicted octanol–water partition coefficient (Wildman–Crippen LogP) is 18.1. The lowest BCUT2D eigenvalue weighted by Gasteiger charge is -2.34. The molecule has 0 unspecified atom stereocenters. The van der Waals surface area contributed by atoms with Gasteiger partial charge in [0.05, 0.1) is 16.8 Å². The van der Waals surface area contributed by atoms with Crippen LogP contribution in [0.1, 0.15) is 47.2 Å². The summed E-state index contributed by atoms with van der Waals surface area (Å²) in [5.74, 6) is 0. The number of hydrogen-bond acceptors (Lipinski definition) is 1. The number of hydrogen-bond donors (Lipinski definition) is 0. The van der Waals surface area contributed by atoms with Gasteiger partial charge in [-0.05, 0) is 140 Å². The lowest BCUT2D eigenvalue weighted by Crippen LogP contribution is -2.26. The van der Waals surface area contributed by atoms with Gasteiger partial charge in [0, 0.05) is 22.1 Å². The summed E-state index contributed by atoms with van der Waals surface area (Å²) in [7, 11) is 0. The van der Waals surface area contributed by atoms with E-state index in [0.717, 1.165) is 17.1 Å². The van der Waals surface area contributed by atoms with Crippen LogP contribution in [0.3, 0.4) is 0 Å². The third-order valence-corrected chi connectivity index (χ3v) is 16.2. The fourth-order valence-electron chi connectivity index (χ4n) is 13.4. The molecule has 0 bridgehead atoms. The maximum Gasteiger partial charge on any atom is 0.0726 e. The molecule has 1 nitrogen and oxygen atoms in total. The van der Waals surface area contributed by atoms with Gasteiger partial charge in [0.25, 0.3) is 0 Å². The molecule has 0 amide bonds. The third-order valence-electron chi connectivity index (χ3n) is 16.2. The number of fused-ring (bicyclic) bond motifs is 20. The van der Waals surface area contributed by atoms with E-state index >= 15 is 0 Å². The average Bonchev–Trinajstić information content (AvgIpc) is 3.97. The molecule has 3 aliphatic rings. The quantitative estimate of drug-likeness (QED) is 0.159. The summed E-state index contributed by atoms with van der Waals surface area (Å²) < 4.78 is 0. The van der Waals surface area contributed by atoms with Crippen molar-refractivity contribution in [2.75, 3.05) is 4.90 Å². The van der Waals surface area contributed by atoms with Gasteiger partial charge in [0.15, 0.2) is 0 Å². The van der Waals surface area contributed by atoms with E-state index in [9.17, 15) is 0 Å². The van der Waals surface area contributed by atoms with Gasteiger partial charge in [-0.3, -0.25) is 0 Å². The van der Waals surface area contributed by atoms with Crippen molar-refractivity contribution in [3.05, 3.63) is 270 Å². The summed E-state index contributed by atoms with van der Waals surface area (Å²) in [5, 5.41) is 9.99. The van der Waals surface area contributed by atoms with E-state index < -0.39 is 5.41 Å². The van der Waals surface area contributed by atoms with Crippen molar-refractivity contribution in [2.24, 2.45) is 0 Å². The number of benzene rings is 12. The molecule has 12 aromatic carbocycles. The first-order valence-corrected chi connectivity index (χ1v) is 24.3. The minimum Gasteiger partial charge on any atom is -0.309 e. The summed E-state index contributed by atoms with van der Waals surface area (Å²) in [6, 6.07) is 89.7. The molecule has 1 spiro atoms. The summed E-state index contributed by atoms with van der Waals surface area (Å²) in [6.07, 6.45) is 0. The first-order chi connectivity index (χ1) is 34.0. The maximum absolute atomic E-state index is 2.61. The van der Waals surface area contributed by atoms with E-state index in [1.165, 1.54) is 121 Å². The highest BCUT2D eigenvalue weighted by Crippen LogP contribution is 2.65. The van der Waals surface area contributed by atoms with Crippen LogP contribution in [0.4, 0.5) is 17.1 Å². The normalized spacial score (nSPS) is 14.2. The Hall–Kier alpha value is -8.52. The number of anilines is 3. The van der Waals surface area contributed by atoms with Crippen LogP contribution >= 0.6 is 0 Å². The molecule has 3 aliphatic carbocycles. The molecule has 15 rings (SSSR count). The Kier molecular flexibility index (Phi) is 7.83. The molecule has 0 aliphatic heterocycles. The highest BCUT2D eigenvalue weighted by atomic mass is 15.1. The molecule has 0 heterocycles. The summed E-state index contributed by atoms with van der Waals surface area (Å²) in [4.78, 5) is 2.61. The molecular weight excluding hydrogens is 831 g/mol. The van der Waals surface area contributed by atoms with Crippen LogP contribution in [0, 0.1) is 0 Å². The van der Waals surface area contributed by atoms with Crippen LogP contribution in [-0.2, 0) is 10.8 Å². The summed E-state index contributed by atoms with van der Waals surface area (Å²) >= 11 is 0. The first-order valence-electron chi connectivity index (χ1n) is 24.3. The van der Waals surface area contributed by atoms with Gasteiger partial charge >= 0.3 is 0 Å². The molecule has 0 radical (unpaired) electrons. The van der Waals surface area contributed by atoms with Crippen molar-refractivity contribution in [1.82, 2.24) is 0 Å². The second kappa shape index (κ2) is 14.0. The van der Waals surface area contributed by atoms with Gasteiger partial charge in [-0.15, -0.1) is 0 Å². The molecule has 0 saturated heterocycles. The van der Waals surface area contributed by atoms with Gasteiger partial charge in [0.2, 0.25) is 0 Å². The van der Waals surface area contributed by atoms with Crippen molar-refractivity contribution in [2.45, 2.75) is 24.7 Å². The Morgan fingerprint density at radius 3 is 1.39 bits per heavy atom. The van der Waals surface area contributed by atoms with Crippen LogP contribution in [0.25, 0.3) is 87.6 Å². The average molecular weight is 876 g/mol. The monoisotopic (exact) mass is 875 g/mol. The van der Waals surface area contributed by atoms with Crippen LogP contribution in [0.2, 0.25) is 0 Å². The highest BCUT2D eigenvalue weighted by molar-refractivity contribution is 6.26. The topological polar surface area (TPSA) is 3.24 Å². The second-order valence-electron chi connectivity index (χ2n) is 19.9. The molecule has 322 valence electrons. The lowest BCUT2D eigenvalue weighted by atomic mass is 9.70. The zero-order valence-corrected chi connectivity index (χ0v) is 38.5. The molecule has 1 heteroatoms. The molecular formula is C68H45N. The Bertz CT molecular complexity index is 4100. The number of nitrogens with zero attached hydrogens (tertiary/aromatic N) is 1. The van der Waals surface area contributed by atoms with Gasteiger partial charge < -0.3 is 4.90 Å². The second-order valence-corrected chi connectivity index (χ2v) is 19.9. The maximum atomic E-state index is 2.61. The van der Waals surface area contributed by atoms with E-state index in [1.807, 2.05) is 0 Å². The van der Waals surface area contributed by atoms with E-state index in [0.29, 0.717) is 0 Å². The van der Waals surface area contributed by atoms with E-state index in [4.69, 9.17) is 0 Å². The SMILES string of the molecule is CC1(C)c2ccccc2-c2c(-c3cc4c(cc3N(c3ccc5c6ccccc6c6ccccc6c5c3)c3cccc5ccccc35)C3(c5ccccc5-c5ccccc53)c3ccccc3-4)cccc21. The molecule has 0 N–H and O–H groups in total. The smallest absolute Gasteiger partial charge is 0.0726 e. The fraction of sp³-hybridized carbons (Fsp3) is 0.0588. The molecule has 69 heavy (non-hydrogen) atoms. The lowest BCUT2D eigenvalue weighted by molar-refractivity contribution is 0.660. The Morgan fingerprint density at radius 2 is 0.739 bits per heavy atom. The summed E-state index contributed by atoms with van der Waals surface area (Å²) in [6.45, 7) is 4.79. The molecule has 0 aromatic heterocycles. The largest absolute Gasteiger partial charge is 0.309 e. The molecule has 12 aromatic rings. The minimum atomic E-state index is -0.525. The van der Waals surface area contributed by atoms with Crippen molar-refractivity contribution < 1.29 is 0 Å². The zero-order chi connectivity index (χ0) is 45.6. The van der Waals surface area contributed by atoms with E-state index in [1.54, 1.807) is 0 Å². The zero-order valence-electron chi connectivity index (χ0n) is 38.5. The molecule has 0 saturated carbocycles. The van der Waals surface area contributed by atoms with Crippen molar-refractivity contribution in [1.29, 1.82) is 0 Å². The van der Waals surface area contributed by atoms with Crippen molar-refractivity contribution in [3.8, 4) is 44.5 Å². The Balaban J connectivity index is 1.12. The third kappa shape index (κ3) is 5.04. The highest BCUT2D eigenvalue weighted by Gasteiger charge is 2.52. The number of rotatable bonds is 4.